The van der Waals surface area contributed by atoms with Crippen molar-refractivity contribution in [3.05, 3.63) is 53.9 Å². The lowest BCUT2D eigenvalue weighted by Gasteiger charge is -2.07. The molecule has 1 aromatic heterocycles. The third-order valence-electron chi connectivity index (χ3n) is 2.86. The number of urea groups is 1. The van der Waals surface area contributed by atoms with E-state index in [-0.39, 0.29) is 13.2 Å². The Morgan fingerprint density at radius 1 is 1.21 bits per heavy atom. The number of carbonyl (C=O) groups excluding carboxylic acids is 1. The van der Waals surface area contributed by atoms with E-state index in [9.17, 15) is 13.6 Å². The first kappa shape index (κ1) is 17.2. The van der Waals surface area contributed by atoms with Gasteiger partial charge in [-0.1, -0.05) is 17.9 Å². The van der Waals surface area contributed by atoms with Crippen molar-refractivity contribution in [2.45, 2.75) is 6.92 Å². The Kier molecular flexibility index (Phi) is 6.08. The van der Waals surface area contributed by atoms with Crippen LogP contribution in [-0.2, 0) is 0 Å². The first-order valence-corrected chi connectivity index (χ1v) is 7.06. The molecule has 2 aromatic rings. The van der Waals surface area contributed by atoms with Crippen molar-refractivity contribution in [2.75, 3.05) is 18.5 Å². The summed E-state index contributed by atoms with van der Waals surface area (Å²) in [5.74, 6) is 4.25. The SMILES string of the molecule is Cc1ccc(OCC#CCNC(=O)Nc2c(F)cccc2F)cn1. The molecule has 0 saturated heterocycles. The predicted octanol–water partition coefficient (Wildman–Crippen LogP) is 2.87. The van der Waals surface area contributed by atoms with Gasteiger partial charge in [0.1, 0.15) is 29.7 Å². The number of halogens is 2. The number of anilines is 1. The molecule has 2 amide bonds. The minimum atomic E-state index is -0.851. The van der Waals surface area contributed by atoms with Crippen LogP contribution in [0.5, 0.6) is 5.75 Å². The number of carbonyl (C=O) groups is 1. The average Bonchev–Trinajstić information content (AvgIpc) is 2.56. The van der Waals surface area contributed by atoms with Gasteiger partial charge >= 0.3 is 6.03 Å². The standard InChI is InChI=1S/C17H15F2N3O2/c1-12-7-8-13(11-21-12)24-10-3-2-9-20-17(23)22-16-14(18)5-4-6-15(16)19/h4-8,11H,9-10H2,1H3,(H2,20,22,23). The molecule has 0 saturated carbocycles. The first-order valence-electron chi connectivity index (χ1n) is 7.06. The fraction of sp³-hybridized carbons (Fsp3) is 0.176. The highest BCUT2D eigenvalue weighted by Crippen LogP contribution is 2.17. The maximum atomic E-state index is 13.4. The molecule has 0 aliphatic carbocycles. The number of nitrogens with zero attached hydrogens (tertiary/aromatic N) is 1. The Morgan fingerprint density at radius 3 is 2.62 bits per heavy atom. The largest absolute Gasteiger partial charge is 0.479 e. The van der Waals surface area contributed by atoms with E-state index in [1.54, 1.807) is 12.3 Å². The number of nitrogens with one attached hydrogen (secondary N) is 2. The lowest BCUT2D eigenvalue weighted by molar-refractivity contribution is 0.253. The van der Waals surface area contributed by atoms with E-state index >= 15 is 0 Å². The van der Waals surface area contributed by atoms with Gasteiger partial charge in [-0.3, -0.25) is 4.98 Å². The highest BCUT2D eigenvalue weighted by molar-refractivity contribution is 5.89. The van der Waals surface area contributed by atoms with E-state index in [4.69, 9.17) is 4.74 Å². The van der Waals surface area contributed by atoms with Crippen LogP contribution >= 0.6 is 0 Å². The summed E-state index contributed by atoms with van der Waals surface area (Å²) >= 11 is 0. The van der Waals surface area contributed by atoms with Crippen LogP contribution in [0.1, 0.15) is 5.69 Å². The molecule has 0 aliphatic rings. The zero-order chi connectivity index (χ0) is 17.4. The number of pyridine rings is 1. The van der Waals surface area contributed by atoms with E-state index < -0.39 is 23.4 Å². The summed E-state index contributed by atoms with van der Waals surface area (Å²) in [4.78, 5) is 15.6. The summed E-state index contributed by atoms with van der Waals surface area (Å²) in [6, 6.07) is 6.15. The van der Waals surface area contributed by atoms with Crippen molar-refractivity contribution in [3.8, 4) is 17.6 Å². The second kappa shape index (κ2) is 8.48. The lowest BCUT2D eigenvalue weighted by atomic mass is 10.3. The summed E-state index contributed by atoms with van der Waals surface area (Å²) < 4.78 is 32.0. The number of para-hydroxylation sites is 1. The van der Waals surface area contributed by atoms with Crippen molar-refractivity contribution >= 4 is 11.7 Å². The quantitative estimate of drug-likeness (QED) is 0.847. The second-order valence-electron chi connectivity index (χ2n) is 4.68. The lowest BCUT2D eigenvalue weighted by Crippen LogP contribution is -2.29. The normalized spacial score (nSPS) is 9.62. The molecular formula is C17H15F2N3O2. The van der Waals surface area contributed by atoms with Gasteiger partial charge in [-0.25, -0.2) is 13.6 Å². The molecule has 2 rings (SSSR count). The number of aryl methyl sites for hydroxylation is 1. The smallest absolute Gasteiger partial charge is 0.320 e. The predicted molar refractivity (Wildman–Crippen MR) is 85.6 cm³/mol. The number of rotatable bonds is 4. The van der Waals surface area contributed by atoms with Crippen molar-refractivity contribution in [3.63, 3.8) is 0 Å². The van der Waals surface area contributed by atoms with Crippen LogP contribution in [0.15, 0.2) is 36.5 Å². The van der Waals surface area contributed by atoms with Gasteiger partial charge in [0.05, 0.1) is 12.7 Å². The Balaban J connectivity index is 1.72. The van der Waals surface area contributed by atoms with Gasteiger partial charge < -0.3 is 15.4 Å². The number of hydrogen-bond donors (Lipinski definition) is 2. The minimum Gasteiger partial charge on any atom is -0.479 e. The van der Waals surface area contributed by atoms with Gasteiger partial charge in [0.15, 0.2) is 0 Å². The molecule has 0 radical (unpaired) electrons. The molecular weight excluding hydrogens is 316 g/mol. The summed E-state index contributed by atoms with van der Waals surface area (Å²) in [6.07, 6.45) is 1.59. The summed E-state index contributed by atoms with van der Waals surface area (Å²) in [6.45, 7) is 2.01. The van der Waals surface area contributed by atoms with Gasteiger partial charge in [0.25, 0.3) is 0 Å². The number of benzene rings is 1. The Morgan fingerprint density at radius 2 is 1.96 bits per heavy atom. The van der Waals surface area contributed by atoms with Gasteiger partial charge in [-0.05, 0) is 31.2 Å². The van der Waals surface area contributed by atoms with Crippen LogP contribution in [0.3, 0.4) is 0 Å². The molecule has 1 heterocycles. The van der Waals surface area contributed by atoms with Crippen molar-refractivity contribution in [1.82, 2.24) is 10.3 Å². The van der Waals surface area contributed by atoms with E-state index in [0.29, 0.717) is 5.75 Å². The molecule has 5 nitrogen and oxygen atoms in total. The average molecular weight is 331 g/mol. The van der Waals surface area contributed by atoms with Crippen LogP contribution in [0.2, 0.25) is 0 Å². The highest BCUT2D eigenvalue weighted by atomic mass is 19.1. The fourth-order valence-corrected chi connectivity index (χ4v) is 1.67. The number of amides is 2. The fourth-order valence-electron chi connectivity index (χ4n) is 1.67. The number of aromatic nitrogens is 1. The molecule has 0 spiro atoms. The molecule has 0 unspecified atom stereocenters. The summed E-state index contributed by atoms with van der Waals surface area (Å²) in [7, 11) is 0. The van der Waals surface area contributed by atoms with Crippen LogP contribution in [-0.4, -0.2) is 24.2 Å². The molecule has 124 valence electrons. The topological polar surface area (TPSA) is 63.2 Å². The maximum absolute atomic E-state index is 13.4. The Labute approximate surface area is 138 Å². The molecule has 2 N–H and O–H groups in total. The molecule has 24 heavy (non-hydrogen) atoms. The molecule has 0 atom stereocenters. The Bertz CT molecular complexity index is 747. The van der Waals surface area contributed by atoms with E-state index in [2.05, 4.69) is 27.5 Å². The van der Waals surface area contributed by atoms with Crippen LogP contribution in [0.4, 0.5) is 19.3 Å². The van der Waals surface area contributed by atoms with Gasteiger partial charge in [0, 0.05) is 5.69 Å². The van der Waals surface area contributed by atoms with E-state index in [1.807, 2.05) is 13.0 Å². The third kappa shape index (κ3) is 5.25. The summed E-state index contributed by atoms with van der Waals surface area (Å²) in [5, 5.41) is 4.46. The second-order valence-corrected chi connectivity index (χ2v) is 4.68. The van der Waals surface area contributed by atoms with Crippen molar-refractivity contribution in [1.29, 1.82) is 0 Å². The molecule has 1 aromatic carbocycles. The maximum Gasteiger partial charge on any atom is 0.320 e. The van der Waals surface area contributed by atoms with Crippen LogP contribution < -0.4 is 15.4 Å². The zero-order valence-electron chi connectivity index (χ0n) is 12.9. The minimum absolute atomic E-state index is 0.0113. The molecule has 0 bridgehead atoms. The van der Waals surface area contributed by atoms with Crippen molar-refractivity contribution < 1.29 is 18.3 Å². The molecule has 7 heteroatoms. The van der Waals surface area contributed by atoms with E-state index in [0.717, 1.165) is 17.8 Å². The van der Waals surface area contributed by atoms with Crippen molar-refractivity contribution in [2.24, 2.45) is 0 Å². The monoisotopic (exact) mass is 331 g/mol. The summed E-state index contributed by atoms with van der Waals surface area (Å²) in [5.41, 5.74) is 0.382. The molecule has 0 fully saturated rings. The first-order chi connectivity index (χ1) is 11.6. The number of hydrogen-bond acceptors (Lipinski definition) is 3. The zero-order valence-corrected chi connectivity index (χ0v) is 12.9. The van der Waals surface area contributed by atoms with E-state index in [1.165, 1.54) is 6.07 Å². The number of ether oxygens (including phenoxy) is 1. The van der Waals surface area contributed by atoms with Crippen LogP contribution in [0.25, 0.3) is 0 Å². The van der Waals surface area contributed by atoms with Crippen LogP contribution in [0, 0.1) is 30.4 Å². The Hall–Kier alpha value is -3.14. The van der Waals surface area contributed by atoms with Gasteiger partial charge in [0.2, 0.25) is 0 Å². The van der Waals surface area contributed by atoms with Gasteiger partial charge in [-0.15, -0.1) is 0 Å². The highest BCUT2D eigenvalue weighted by Gasteiger charge is 2.10. The third-order valence-corrected chi connectivity index (χ3v) is 2.86. The molecule has 0 aliphatic heterocycles. The van der Waals surface area contributed by atoms with Gasteiger partial charge in [-0.2, -0.15) is 0 Å².